The van der Waals surface area contributed by atoms with E-state index < -0.39 is 19.9 Å². The SMILES string of the molecule is CS(=O)(=O)c1cccc(S(=O)(=O)NCC(c2ccco2)N2CCCCC2)c1. The molecule has 1 aromatic carbocycles. The molecule has 27 heavy (non-hydrogen) atoms. The van der Waals surface area contributed by atoms with Gasteiger partial charge in [-0.25, -0.2) is 21.6 Å². The molecule has 1 aromatic heterocycles. The van der Waals surface area contributed by atoms with Gasteiger partial charge >= 0.3 is 0 Å². The van der Waals surface area contributed by atoms with Crippen molar-refractivity contribution in [2.75, 3.05) is 25.9 Å². The summed E-state index contributed by atoms with van der Waals surface area (Å²) in [6.07, 6.45) is 5.94. The smallest absolute Gasteiger partial charge is 0.240 e. The molecule has 1 N–H and O–H groups in total. The average Bonchev–Trinajstić information content (AvgIpc) is 3.16. The number of hydrogen-bond acceptors (Lipinski definition) is 6. The van der Waals surface area contributed by atoms with Gasteiger partial charge in [-0.1, -0.05) is 12.5 Å². The molecule has 3 rings (SSSR count). The number of sulfone groups is 1. The van der Waals surface area contributed by atoms with Crippen LogP contribution in [0.1, 0.15) is 31.1 Å². The van der Waals surface area contributed by atoms with E-state index in [1.54, 1.807) is 12.3 Å². The number of likely N-dealkylation sites (tertiary alicyclic amines) is 1. The van der Waals surface area contributed by atoms with Crippen molar-refractivity contribution >= 4 is 19.9 Å². The summed E-state index contributed by atoms with van der Waals surface area (Å²) in [5.74, 6) is 0.712. The Labute approximate surface area is 160 Å². The minimum Gasteiger partial charge on any atom is -0.468 e. The fourth-order valence-corrected chi connectivity index (χ4v) is 5.09. The van der Waals surface area contributed by atoms with Crippen LogP contribution in [0.3, 0.4) is 0 Å². The summed E-state index contributed by atoms with van der Waals surface area (Å²) in [6, 6.07) is 8.81. The van der Waals surface area contributed by atoms with Crippen LogP contribution in [0.15, 0.2) is 56.9 Å². The van der Waals surface area contributed by atoms with Gasteiger partial charge < -0.3 is 4.42 Å². The number of sulfonamides is 1. The Morgan fingerprint density at radius 2 is 1.74 bits per heavy atom. The largest absolute Gasteiger partial charge is 0.468 e. The predicted molar refractivity (Wildman–Crippen MR) is 102 cm³/mol. The molecular formula is C18H24N2O5S2. The molecule has 1 fully saturated rings. The van der Waals surface area contributed by atoms with Crippen LogP contribution in [0, 0.1) is 0 Å². The molecule has 2 heterocycles. The van der Waals surface area contributed by atoms with E-state index >= 15 is 0 Å². The fourth-order valence-electron chi connectivity index (χ4n) is 3.26. The zero-order valence-electron chi connectivity index (χ0n) is 15.2. The zero-order chi connectivity index (χ0) is 19.5. The van der Waals surface area contributed by atoms with Gasteiger partial charge in [0.25, 0.3) is 0 Å². The maximum atomic E-state index is 12.7. The number of benzene rings is 1. The first kappa shape index (κ1) is 20.1. The van der Waals surface area contributed by atoms with Crippen LogP contribution in [0.4, 0.5) is 0 Å². The second-order valence-corrected chi connectivity index (χ2v) is 10.5. The van der Waals surface area contributed by atoms with Gasteiger partial charge in [-0.2, -0.15) is 0 Å². The van der Waals surface area contributed by atoms with E-state index in [2.05, 4.69) is 9.62 Å². The van der Waals surface area contributed by atoms with Crippen LogP contribution >= 0.6 is 0 Å². The van der Waals surface area contributed by atoms with Gasteiger partial charge in [-0.05, 0) is 56.3 Å². The topological polar surface area (TPSA) is 96.7 Å². The molecule has 1 saturated heterocycles. The Bertz CT molecular complexity index is 963. The third-order valence-corrected chi connectivity index (χ3v) is 7.25. The van der Waals surface area contributed by atoms with E-state index in [9.17, 15) is 16.8 Å². The van der Waals surface area contributed by atoms with Gasteiger partial charge in [-0.3, -0.25) is 4.90 Å². The predicted octanol–water partition coefficient (Wildman–Crippen LogP) is 2.19. The molecule has 1 atom stereocenters. The highest BCUT2D eigenvalue weighted by Crippen LogP contribution is 2.25. The number of furan rings is 1. The molecule has 0 aliphatic carbocycles. The summed E-state index contributed by atoms with van der Waals surface area (Å²) in [5.41, 5.74) is 0. The highest BCUT2D eigenvalue weighted by molar-refractivity contribution is 7.91. The number of hydrogen-bond donors (Lipinski definition) is 1. The summed E-state index contributed by atoms with van der Waals surface area (Å²) in [7, 11) is -7.34. The molecule has 7 nitrogen and oxygen atoms in total. The molecular weight excluding hydrogens is 388 g/mol. The summed E-state index contributed by atoms with van der Waals surface area (Å²) in [4.78, 5) is 2.13. The normalized spacial score (nSPS) is 17.7. The van der Waals surface area contributed by atoms with Crippen LogP contribution in [0.25, 0.3) is 0 Å². The molecule has 0 amide bonds. The van der Waals surface area contributed by atoms with E-state index in [-0.39, 0.29) is 22.4 Å². The Balaban J connectivity index is 1.80. The van der Waals surface area contributed by atoms with E-state index in [1.165, 1.54) is 30.7 Å². The standard InChI is InChI=1S/C18H24N2O5S2/c1-26(21,22)15-7-5-8-16(13-15)27(23,24)19-14-17(18-9-6-12-25-18)20-10-3-2-4-11-20/h5-9,12-13,17,19H,2-4,10-11,14H2,1H3. The van der Waals surface area contributed by atoms with Crippen molar-refractivity contribution in [2.45, 2.75) is 35.1 Å². The molecule has 0 saturated carbocycles. The molecule has 1 aliphatic rings. The van der Waals surface area contributed by atoms with Gasteiger partial charge in [0, 0.05) is 12.8 Å². The van der Waals surface area contributed by atoms with Gasteiger partial charge in [-0.15, -0.1) is 0 Å². The first-order valence-corrected chi connectivity index (χ1v) is 12.2. The number of rotatable bonds is 7. The number of nitrogens with zero attached hydrogens (tertiary/aromatic N) is 1. The van der Waals surface area contributed by atoms with Crippen molar-refractivity contribution in [2.24, 2.45) is 0 Å². The van der Waals surface area contributed by atoms with E-state index in [4.69, 9.17) is 4.42 Å². The number of piperidine rings is 1. The molecule has 9 heteroatoms. The van der Waals surface area contributed by atoms with Crippen LogP contribution in [0.5, 0.6) is 0 Å². The fraction of sp³-hybridized carbons (Fsp3) is 0.444. The lowest BCUT2D eigenvalue weighted by molar-refractivity contribution is 0.147. The van der Waals surface area contributed by atoms with Crippen molar-refractivity contribution < 1.29 is 21.3 Å². The van der Waals surface area contributed by atoms with Crippen LogP contribution in [-0.2, 0) is 19.9 Å². The van der Waals surface area contributed by atoms with Gasteiger partial charge in [0.05, 0.1) is 22.1 Å². The maximum absolute atomic E-state index is 12.7. The highest BCUT2D eigenvalue weighted by Gasteiger charge is 2.27. The van der Waals surface area contributed by atoms with Gasteiger partial charge in [0.15, 0.2) is 9.84 Å². The van der Waals surface area contributed by atoms with Crippen LogP contribution < -0.4 is 4.72 Å². The lowest BCUT2D eigenvalue weighted by Gasteiger charge is -2.33. The van der Waals surface area contributed by atoms with Crippen LogP contribution in [-0.4, -0.2) is 47.6 Å². The lowest BCUT2D eigenvalue weighted by atomic mass is 10.1. The second kappa shape index (κ2) is 8.14. The minimum atomic E-state index is -3.85. The summed E-state index contributed by atoms with van der Waals surface area (Å²) < 4.78 is 57.0. The second-order valence-electron chi connectivity index (χ2n) is 6.73. The first-order chi connectivity index (χ1) is 12.8. The average molecular weight is 413 g/mol. The van der Waals surface area contributed by atoms with Crippen molar-refractivity contribution in [1.82, 2.24) is 9.62 Å². The monoisotopic (exact) mass is 412 g/mol. The Morgan fingerprint density at radius 3 is 2.37 bits per heavy atom. The minimum absolute atomic E-state index is 0.0241. The Morgan fingerprint density at radius 1 is 1.04 bits per heavy atom. The molecule has 0 spiro atoms. The van der Waals surface area contributed by atoms with Crippen LogP contribution in [0.2, 0.25) is 0 Å². The molecule has 148 valence electrons. The molecule has 1 unspecified atom stereocenters. The molecule has 0 radical (unpaired) electrons. The molecule has 0 bridgehead atoms. The van der Waals surface area contributed by atoms with E-state index in [0.717, 1.165) is 32.2 Å². The Kier molecular flexibility index (Phi) is 6.05. The van der Waals surface area contributed by atoms with Crippen molar-refractivity contribution in [3.63, 3.8) is 0 Å². The third kappa shape index (κ3) is 4.98. The zero-order valence-corrected chi connectivity index (χ0v) is 16.8. The summed E-state index contributed by atoms with van der Waals surface area (Å²) in [5, 5.41) is 0. The van der Waals surface area contributed by atoms with Gasteiger partial charge in [0.2, 0.25) is 10.0 Å². The summed E-state index contributed by atoms with van der Waals surface area (Å²) in [6.45, 7) is 1.92. The van der Waals surface area contributed by atoms with Gasteiger partial charge in [0.1, 0.15) is 5.76 Å². The third-order valence-electron chi connectivity index (χ3n) is 4.71. The van der Waals surface area contributed by atoms with Crippen molar-refractivity contribution in [1.29, 1.82) is 0 Å². The van der Waals surface area contributed by atoms with E-state index in [1.807, 2.05) is 6.07 Å². The lowest BCUT2D eigenvalue weighted by Crippen LogP contribution is -2.40. The highest BCUT2D eigenvalue weighted by atomic mass is 32.2. The summed E-state index contributed by atoms with van der Waals surface area (Å²) >= 11 is 0. The Hall–Kier alpha value is -1.68. The quantitative estimate of drug-likeness (QED) is 0.749. The van der Waals surface area contributed by atoms with Crippen molar-refractivity contribution in [3.8, 4) is 0 Å². The molecule has 1 aliphatic heterocycles. The van der Waals surface area contributed by atoms with E-state index in [0.29, 0.717) is 5.76 Å². The maximum Gasteiger partial charge on any atom is 0.240 e. The number of nitrogens with one attached hydrogen (secondary N) is 1. The van der Waals surface area contributed by atoms with Crippen molar-refractivity contribution in [3.05, 3.63) is 48.4 Å². The first-order valence-electron chi connectivity index (χ1n) is 8.84. The molecule has 2 aromatic rings.